The van der Waals surface area contributed by atoms with Crippen LogP contribution in [0, 0.1) is 0 Å². The summed E-state index contributed by atoms with van der Waals surface area (Å²) in [5, 5.41) is 3.03. The molecule has 1 aliphatic rings. The number of hydrogen-bond acceptors (Lipinski definition) is 5. The molecule has 0 bridgehead atoms. The third kappa shape index (κ3) is 5.95. The summed E-state index contributed by atoms with van der Waals surface area (Å²) >= 11 is 0. The van der Waals surface area contributed by atoms with E-state index in [1.807, 2.05) is 26.0 Å². The second kappa shape index (κ2) is 10.3. The molecule has 2 aromatic carbocycles. The first-order chi connectivity index (χ1) is 14.1. The van der Waals surface area contributed by atoms with Crippen molar-refractivity contribution in [2.75, 3.05) is 33.4 Å². The van der Waals surface area contributed by atoms with E-state index < -0.39 is 0 Å². The van der Waals surface area contributed by atoms with Gasteiger partial charge in [-0.3, -0.25) is 9.69 Å². The first-order valence-electron chi connectivity index (χ1n) is 10.1. The number of nitrogens with zero attached hydrogens (tertiary/aromatic N) is 1. The lowest BCUT2D eigenvalue weighted by atomic mass is 10.1. The normalized spacial score (nSPS) is 14.6. The maximum Gasteiger partial charge on any atom is 0.251 e. The smallest absolute Gasteiger partial charge is 0.251 e. The Bertz CT molecular complexity index is 816. The summed E-state index contributed by atoms with van der Waals surface area (Å²) in [5.41, 5.74) is 2.90. The second-order valence-electron chi connectivity index (χ2n) is 7.37. The number of carbonyl (C=O) groups is 1. The SMILES string of the molecule is COc1cc(C(=O)NCc2ccccc2CN2CCOCC2)ccc1OC(C)C. The van der Waals surface area contributed by atoms with Crippen molar-refractivity contribution in [3.8, 4) is 11.5 Å². The van der Waals surface area contributed by atoms with Gasteiger partial charge in [-0.15, -0.1) is 0 Å². The van der Waals surface area contributed by atoms with Gasteiger partial charge in [-0.25, -0.2) is 0 Å². The molecule has 1 aliphatic heterocycles. The van der Waals surface area contributed by atoms with Gasteiger partial charge in [0.1, 0.15) is 0 Å². The summed E-state index contributed by atoms with van der Waals surface area (Å²) in [6.07, 6.45) is 0.0338. The van der Waals surface area contributed by atoms with E-state index in [4.69, 9.17) is 14.2 Å². The molecule has 1 heterocycles. The van der Waals surface area contributed by atoms with E-state index in [0.717, 1.165) is 38.4 Å². The number of ether oxygens (including phenoxy) is 3. The molecule has 0 aromatic heterocycles. The van der Waals surface area contributed by atoms with Crippen molar-refractivity contribution in [2.45, 2.75) is 33.0 Å². The van der Waals surface area contributed by atoms with Crippen molar-refractivity contribution in [3.05, 3.63) is 59.2 Å². The number of rotatable bonds is 8. The Kier molecular flexibility index (Phi) is 7.49. The highest BCUT2D eigenvalue weighted by Crippen LogP contribution is 2.29. The number of methoxy groups -OCH3 is 1. The fraction of sp³-hybridized carbons (Fsp3) is 0.435. The number of carbonyl (C=O) groups excluding carboxylic acids is 1. The lowest BCUT2D eigenvalue weighted by molar-refractivity contribution is 0.0340. The van der Waals surface area contributed by atoms with Gasteiger partial charge >= 0.3 is 0 Å². The van der Waals surface area contributed by atoms with Crippen LogP contribution in [0.3, 0.4) is 0 Å². The minimum Gasteiger partial charge on any atom is -0.493 e. The maximum atomic E-state index is 12.7. The van der Waals surface area contributed by atoms with Gasteiger partial charge in [-0.1, -0.05) is 24.3 Å². The quantitative estimate of drug-likeness (QED) is 0.740. The van der Waals surface area contributed by atoms with E-state index in [9.17, 15) is 4.79 Å². The van der Waals surface area contributed by atoms with Crippen molar-refractivity contribution in [1.82, 2.24) is 10.2 Å². The topological polar surface area (TPSA) is 60.0 Å². The Labute approximate surface area is 172 Å². The Morgan fingerprint density at radius 2 is 1.83 bits per heavy atom. The molecule has 0 radical (unpaired) electrons. The molecule has 0 aliphatic carbocycles. The lowest BCUT2D eigenvalue weighted by Crippen LogP contribution is -2.36. The van der Waals surface area contributed by atoms with E-state index in [-0.39, 0.29) is 12.0 Å². The minimum absolute atomic E-state index is 0.0338. The molecule has 1 saturated heterocycles. The molecule has 0 atom stereocenters. The molecule has 1 amide bonds. The van der Waals surface area contributed by atoms with E-state index >= 15 is 0 Å². The standard InChI is InChI=1S/C23H30N2O4/c1-17(2)29-21-9-8-18(14-22(21)27-3)23(26)24-15-19-6-4-5-7-20(19)16-25-10-12-28-13-11-25/h4-9,14,17H,10-13,15-16H2,1-3H3,(H,24,26). The fourth-order valence-electron chi connectivity index (χ4n) is 3.32. The van der Waals surface area contributed by atoms with Crippen LogP contribution in [-0.2, 0) is 17.8 Å². The second-order valence-corrected chi connectivity index (χ2v) is 7.37. The first kappa shape index (κ1) is 21.1. The molecular weight excluding hydrogens is 368 g/mol. The van der Waals surface area contributed by atoms with E-state index in [1.165, 1.54) is 5.56 Å². The molecule has 1 N–H and O–H groups in total. The summed E-state index contributed by atoms with van der Waals surface area (Å²) in [7, 11) is 1.58. The highest BCUT2D eigenvalue weighted by Gasteiger charge is 2.15. The van der Waals surface area contributed by atoms with Crippen LogP contribution in [0.4, 0.5) is 0 Å². The molecule has 0 unspecified atom stereocenters. The van der Waals surface area contributed by atoms with Crippen LogP contribution in [0.15, 0.2) is 42.5 Å². The van der Waals surface area contributed by atoms with Gasteiger partial charge in [-0.05, 0) is 43.2 Å². The summed E-state index contributed by atoms with van der Waals surface area (Å²) in [6.45, 7) is 8.67. The molecular formula is C23H30N2O4. The Hall–Kier alpha value is -2.57. The van der Waals surface area contributed by atoms with Crippen LogP contribution < -0.4 is 14.8 Å². The largest absolute Gasteiger partial charge is 0.493 e. The fourth-order valence-corrected chi connectivity index (χ4v) is 3.32. The highest BCUT2D eigenvalue weighted by molar-refractivity contribution is 5.94. The summed E-state index contributed by atoms with van der Waals surface area (Å²) < 4.78 is 16.5. The van der Waals surface area contributed by atoms with Gasteiger partial charge in [-0.2, -0.15) is 0 Å². The summed E-state index contributed by atoms with van der Waals surface area (Å²) in [5.74, 6) is 1.05. The third-order valence-corrected chi connectivity index (χ3v) is 4.84. The zero-order valence-electron chi connectivity index (χ0n) is 17.4. The number of amides is 1. The number of benzene rings is 2. The number of morpholine rings is 1. The van der Waals surface area contributed by atoms with Crippen LogP contribution in [0.2, 0.25) is 0 Å². The molecule has 156 valence electrons. The Balaban J connectivity index is 1.65. The predicted octanol–water partition coefficient (Wildman–Crippen LogP) is 3.24. The first-order valence-corrected chi connectivity index (χ1v) is 10.1. The average molecular weight is 399 g/mol. The van der Waals surface area contributed by atoms with Crippen LogP contribution in [-0.4, -0.2) is 50.3 Å². The molecule has 3 rings (SSSR count). The molecule has 0 saturated carbocycles. The zero-order chi connectivity index (χ0) is 20.6. The van der Waals surface area contributed by atoms with Gasteiger partial charge in [0.05, 0.1) is 26.4 Å². The van der Waals surface area contributed by atoms with Crippen molar-refractivity contribution >= 4 is 5.91 Å². The van der Waals surface area contributed by atoms with E-state index in [2.05, 4.69) is 22.3 Å². The molecule has 1 fully saturated rings. The van der Waals surface area contributed by atoms with Crippen molar-refractivity contribution < 1.29 is 19.0 Å². The van der Waals surface area contributed by atoms with Crippen LogP contribution in [0.25, 0.3) is 0 Å². The summed E-state index contributed by atoms with van der Waals surface area (Å²) in [4.78, 5) is 15.1. The Morgan fingerprint density at radius 1 is 1.10 bits per heavy atom. The highest BCUT2D eigenvalue weighted by atomic mass is 16.5. The molecule has 29 heavy (non-hydrogen) atoms. The van der Waals surface area contributed by atoms with Gasteiger partial charge in [0, 0.05) is 31.7 Å². The van der Waals surface area contributed by atoms with Crippen LogP contribution in [0.5, 0.6) is 11.5 Å². The van der Waals surface area contributed by atoms with Gasteiger partial charge in [0.15, 0.2) is 11.5 Å². The average Bonchev–Trinajstić information content (AvgIpc) is 2.73. The molecule has 0 spiro atoms. The van der Waals surface area contributed by atoms with Crippen LogP contribution >= 0.6 is 0 Å². The van der Waals surface area contributed by atoms with Crippen molar-refractivity contribution in [2.24, 2.45) is 0 Å². The minimum atomic E-state index is -0.138. The lowest BCUT2D eigenvalue weighted by Gasteiger charge is -2.27. The number of hydrogen-bond donors (Lipinski definition) is 1. The van der Waals surface area contributed by atoms with Gasteiger partial charge < -0.3 is 19.5 Å². The molecule has 6 nitrogen and oxygen atoms in total. The third-order valence-electron chi connectivity index (χ3n) is 4.84. The van der Waals surface area contributed by atoms with E-state index in [1.54, 1.807) is 25.3 Å². The maximum absolute atomic E-state index is 12.7. The molecule has 6 heteroatoms. The number of nitrogens with one attached hydrogen (secondary N) is 1. The predicted molar refractivity (Wildman–Crippen MR) is 112 cm³/mol. The van der Waals surface area contributed by atoms with Crippen molar-refractivity contribution in [3.63, 3.8) is 0 Å². The monoisotopic (exact) mass is 398 g/mol. The van der Waals surface area contributed by atoms with Crippen LogP contribution in [0.1, 0.15) is 35.3 Å². The molecule has 2 aromatic rings. The zero-order valence-corrected chi connectivity index (χ0v) is 17.4. The van der Waals surface area contributed by atoms with Crippen molar-refractivity contribution in [1.29, 1.82) is 0 Å². The van der Waals surface area contributed by atoms with E-state index in [0.29, 0.717) is 23.6 Å². The van der Waals surface area contributed by atoms with Gasteiger partial charge in [0.2, 0.25) is 0 Å². The van der Waals surface area contributed by atoms with Gasteiger partial charge in [0.25, 0.3) is 5.91 Å². The Morgan fingerprint density at radius 3 is 2.52 bits per heavy atom. The summed E-state index contributed by atoms with van der Waals surface area (Å²) in [6, 6.07) is 13.5.